The third kappa shape index (κ3) is 3.94. The van der Waals surface area contributed by atoms with Crippen LogP contribution in [0.25, 0.3) is 12.2 Å². The Balaban J connectivity index is 2.14. The lowest BCUT2D eigenvalue weighted by Crippen LogP contribution is -2.34. The third-order valence-corrected chi connectivity index (χ3v) is 3.78. The molecule has 0 unspecified atom stereocenters. The Labute approximate surface area is 128 Å². The van der Waals surface area contributed by atoms with Crippen molar-refractivity contribution in [2.75, 3.05) is 18.0 Å². The molecule has 2 nitrogen and oxygen atoms in total. The summed E-state index contributed by atoms with van der Waals surface area (Å²) in [6.07, 6.45) is 6.46. The summed E-state index contributed by atoms with van der Waals surface area (Å²) >= 11 is 0. The van der Waals surface area contributed by atoms with E-state index in [0.29, 0.717) is 0 Å². The van der Waals surface area contributed by atoms with Gasteiger partial charge in [-0.15, -0.1) is 0 Å². The first kappa shape index (κ1) is 15.3. The van der Waals surface area contributed by atoms with E-state index in [1.165, 1.54) is 16.9 Å². The van der Waals surface area contributed by atoms with E-state index >= 15 is 0 Å². The first-order valence-corrected chi connectivity index (χ1v) is 7.80. The molecule has 2 aromatic rings. The lowest BCUT2D eigenvalue weighted by molar-refractivity contribution is -0.695. The van der Waals surface area contributed by atoms with Gasteiger partial charge in [0.15, 0.2) is 6.20 Å². The number of rotatable bonds is 6. The number of nitrogens with zero attached hydrogens (tertiary/aromatic N) is 2. The van der Waals surface area contributed by atoms with Gasteiger partial charge in [-0.3, -0.25) is 0 Å². The van der Waals surface area contributed by atoms with Crippen molar-refractivity contribution in [2.45, 2.75) is 27.3 Å². The summed E-state index contributed by atoms with van der Waals surface area (Å²) in [5.41, 5.74) is 3.76. The molecular weight excluding hydrogens is 256 g/mol. The molecule has 0 amide bonds. The minimum absolute atomic E-state index is 0.988. The average Bonchev–Trinajstić information content (AvgIpc) is 2.55. The van der Waals surface area contributed by atoms with E-state index in [0.717, 1.165) is 19.6 Å². The Kier molecular flexibility index (Phi) is 5.56. The molecule has 0 spiro atoms. The van der Waals surface area contributed by atoms with Crippen LogP contribution in [0.5, 0.6) is 0 Å². The van der Waals surface area contributed by atoms with Crippen molar-refractivity contribution < 1.29 is 4.57 Å². The van der Waals surface area contributed by atoms with Crippen LogP contribution < -0.4 is 9.47 Å². The van der Waals surface area contributed by atoms with Gasteiger partial charge in [0.2, 0.25) is 5.69 Å². The van der Waals surface area contributed by atoms with Crippen molar-refractivity contribution in [2.24, 2.45) is 0 Å². The maximum atomic E-state index is 2.36. The molecule has 1 aromatic carbocycles. The standard InChI is InChI=1S/C19H25N2/c1-4-20(5-2)19-14-11-17(12-15-19)10-13-18-9-7-8-16-21(18)6-3/h7-16H,4-6H2,1-3H3/q+1. The summed E-state index contributed by atoms with van der Waals surface area (Å²) in [6.45, 7) is 9.63. The zero-order valence-corrected chi connectivity index (χ0v) is 13.3. The smallest absolute Gasteiger partial charge is 0.205 e. The van der Waals surface area contributed by atoms with E-state index in [-0.39, 0.29) is 0 Å². The summed E-state index contributed by atoms with van der Waals surface area (Å²) < 4.78 is 2.24. The van der Waals surface area contributed by atoms with Gasteiger partial charge in [0, 0.05) is 37.0 Å². The lowest BCUT2D eigenvalue weighted by Gasteiger charge is -2.20. The van der Waals surface area contributed by atoms with Crippen LogP contribution in [0, 0.1) is 0 Å². The van der Waals surface area contributed by atoms with Crippen LogP contribution >= 0.6 is 0 Å². The van der Waals surface area contributed by atoms with Crippen molar-refractivity contribution in [1.82, 2.24) is 0 Å². The zero-order valence-electron chi connectivity index (χ0n) is 13.3. The molecule has 0 N–H and O–H groups in total. The Bertz CT molecular complexity index is 581. The van der Waals surface area contributed by atoms with Crippen LogP contribution in [0.2, 0.25) is 0 Å². The van der Waals surface area contributed by atoms with E-state index in [1.807, 2.05) is 0 Å². The Morgan fingerprint density at radius 3 is 2.24 bits per heavy atom. The first-order valence-electron chi connectivity index (χ1n) is 7.80. The number of hydrogen-bond donors (Lipinski definition) is 0. The number of hydrogen-bond acceptors (Lipinski definition) is 1. The Morgan fingerprint density at radius 1 is 0.905 bits per heavy atom. The van der Waals surface area contributed by atoms with Crippen molar-refractivity contribution in [1.29, 1.82) is 0 Å². The fraction of sp³-hybridized carbons (Fsp3) is 0.316. The van der Waals surface area contributed by atoms with Crippen LogP contribution in [0.4, 0.5) is 5.69 Å². The fourth-order valence-electron chi connectivity index (χ4n) is 2.50. The number of aryl methyl sites for hydroxylation is 1. The van der Waals surface area contributed by atoms with E-state index in [1.54, 1.807) is 0 Å². The van der Waals surface area contributed by atoms with E-state index in [4.69, 9.17) is 0 Å². The highest BCUT2D eigenvalue weighted by atomic mass is 15.1. The molecule has 0 bridgehead atoms. The molecule has 21 heavy (non-hydrogen) atoms. The molecule has 110 valence electrons. The molecular formula is C19H25N2+. The van der Waals surface area contributed by atoms with Gasteiger partial charge in [-0.2, -0.15) is 4.57 Å². The van der Waals surface area contributed by atoms with Crippen molar-refractivity contribution >= 4 is 17.8 Å². The molecule has 1 heterocycles. The van der Waals surface area contributed by atoms with Gasteiger partial charge >= 0.3 is 0 Å². The molecule has 1 aromatic heterocycles. The average molecular weight is 281 g/mol. The highest BCUT2D eigenvalue weighted by Gasteiger charge is 2.03. The second-order valence-corrected chi connectivity index (χ2v) is 5.01. The minimum Gasteiger partial charge on any atom is -0.372 e. The van der Waals surface area contributed by atoms with Gasteiger partial charge in [-0.05, 0) is 50.6 Å². The summed E-state index contributed by atoms with van der Waals surface area (Å²) in [5, 5.41) is 0. The summed E-state index contributed by atoms with van der Waals surface area (Å²) in [7, 11) is 0. The van der Waals surface area contributed by atoms with E-state index in [2.05, 4.69) is 91.1 Å². The Morgan fingerprint density at radius 2 is 1.62 bits per heavy atom. The highest BCUT2D eigenvalue weighted by Crippen LogP contribution is 2.16. The molecule has 0 saturated carbocycles. The monoisotopic (exact) mass is 281 g/mol. The van der Waals surface area contributed by atoms with Gasteiger partial charge in [0.1, 0.15) is 6.54 Å². The fourth-order valence-corrected chi connectivity index (χ4v) is 2.50. The van der Waals surface area contributed by atoms with Gasteiger partial charge in [0.05, 0.1) is 0 Å². The van der Waals surface area contributed by atoms with Crippen molar-refractivity contribution in [3.8, 4) is 0 Å². The third-order valence-electron chi connectivity index (χ3n) is 3.78. The van der Waals surface area contributed by atoms with Crippen LogP contribution in [0.3, 0.4) is 0 Å². The number of aromatic nitrogens is 1. The largest absolute Gasteiger partial charge is 0.372 e. The zero-order chi connectivity index (χ0) is 15.1. The van der Waals surface area contributed by atoms with Gasteiger partial charge in [-0.25, -0.2) is 0 Å². The summed E-state index contributed by atoms with van der Waals surface area (Å²) in [4.78, 5) is 2.36. The lowest BCUT2D eigenvalue weighted by atomic mass is 10.1. The molecule has 0 fully saturated rings. The quantitative estimate of drug-likeness (QED) is 0.726. The Hall–Kier alpha value is -2.09. The normalized spacial score (nSPS) is 11.0. The molecule has 0 aliphatic heterocycles. The second kappa shape index (κ2) is 7.63. The molecule has 0 saturated heterocycles. The van der Waals surface area contributed by atoms with Gasteiger partial charge in [0.25, 0.3) is 0 Å². The molecule has 0 aliphatic carbocycles. The van der Waals surface area contributed by atoms with E-state index in [9.17, 15) is 0 Å². The summed E-state index contributed by atoms with van der Waals surface area (Å²) in [5.74, 6) is 0. The molecule has 2 heteroatoms. The second-order valence-electron chi connectivity index (χ2n) is 5.01. The molecule has 2 rings (SSSR count). The number of anilines is 1. The van der Waals surface area contributed by atoms with Crippen molar-refractivity contribution in [3.05, 3.63) is 59.9 Å². The maximum absolute atomic E-state index is 2.36. The van der Waals surface area contributed by atoms with Crippen LogP contribution in [-0.4, -0.2) is 13.1 Å². The molecule has 0 radical (unpaired) electrons. The highest BCUT2D eigenvalue weighted by molar-refractivity contribution is 5.68. The van der Waals surface area contributed by atoms with Gasteiger partial charge < -0.3 is 4.90 Å². The maximum Gasteiger partial charge on any atom is 0.205 e. The predicted octanol–water partition coefficient (Wildman–Crippen LogP) is 4.01. The first-order chi connectivity index (χ1) is 10.3. The van der Waals surface area contributed by atoms with Crippen LogP contribution in [0.1, 0.15) is 32.0 Å². The van der Waals surface area contributed by atoms with Crippen molar-refractivity contribution in [3.63, 3.8) is 0 Å². The predicted molar refractivity (Wildman–Crippen MR) is 91.2 cm³/mol. The molecule has 0 atom stereocenters. The molecule has 0 aliphatic rings. The number of benzene rings is 1. The minimum atomic E-state index is 0.988. The number of pyridine rings is 1. The SMILES string of the molecule is CCN(CC)c1ccc(/C=C/c2cccc[n+]2CC)cc1. The van der Waals surface area contributed by atoms with Crippen LogP contribution in [-0.2, 0) is 6.54 Å². The summed E-state index contributed by atoms with van der Waals surface area (Å²) in [6, 6.07) is 15.1. The van der Waals surface area contributed by atoms with Crippen LogP contribution in [0.15, 0.2) is 48.7 Å². The topological polar surface area (TPSA) is 7.12 Å². The van der Waals surface area contributed by atoms with E-state index < -0.39 is 0 Å². The van der Waals surface area contributed by atoms with Gasteiger partial charge in [-0.1, -0.05) is 12.1 Å².